The fraction of sp³-hybridized carbons (Fsp3) is 0.118. The summed E-state index contributed by atoms with van der Waals surface area (Å²) in [6, 6.07) is 15.4. The molecule has 4 nitrogen and oxygen atoms in total. The van der Waals surface area contributed by atoms with Gasteiger partial charge < -0.3 is 16.0 Å². The zero-order valence-electron chi connectivity index (χ0n) is 11.8. The maximum atomic E-state index is 12.2. The fourth-order valence-electron chi connectivity index (χ4n) is 2.38. The van der Waals surface area contributed by atoms with Gasteiger partial charge in [0.05, 0.1) is 11.2 Å². The van der Waals surface area contributed by atoms with Crippen molar-refractivity contribution in [3.63, 3.8) is 0 Å². The van der Waals surface area contributed by atoms with Gasteiger partial charge in [-0.25, -0.2) is 0 Å². The van der Waals surface area contributed by atoms with Gasteiger partial charge in [0.1, 0.15) is 5.69 Å². The van der Waals surface area contributed by atoms with Crippen LogP contribution in [0.1, 0.15) is 21.6 Å². The number of hydrogen-bond donors (Lipinski definition) is 3. The van der Waals surface area contributed by atoms with Crippen molar-refractivity contribution in [2.75, 3.05) is 5.73 Å². The van der Waals surface area contributed by atoms with Crippen molar-refractivity contribution in [2.45, 2.75) is 13.5 Å². The van der Waals surface area contributed by atoms with Crippen LogP contribution in [0.4, 0.5) is 5.69 Å². The first-order chi connectivity index (χ1) is 10.1. The Hall–Kier alpha value is -2.75. The van der Waals surface area contributed by atoms with Crippen LogP contribution in [0.5, 0.6) is 0 Å². The molecule has 0 saturated heterocycles. The van der Waals surface area contributed by atoms with E-state index in [1.54, 1.807) is 0 Å². The van der Waals surface area contributed by atoms with Crippen molar-refractivity contribution in [1.29, 1.82) is 0 Å². The molecule has 3 aromatic rings. The quantitative estimate of drug-likeness (QED) is 0.645. The van der Waals surface area contributed by atoms with Crippen molar-refractivity contribution in [3.05, 3.63) is 65.4 Å². The van der Waals surface area contributed by atoms with Gasteiger partial charge in [0.2, 0.25) is 0 Å². The lowest BCUT2D eigenvalue weighted by atomic mass is 10.1. The maximum Gasteiger partial charge on any atom is 0.267 e. The summed E-state index contributed by atoms with van der Waals surface area (Å²) in [7, 11) is 0. The normalized spacial score (nSPS) is 10.7. The molecular weight excluding hydrogens is 262 g/mol. The van der Waals surface area contributed by atoms with Gasteiger partial charge in [-0.15, -0.1) is 0 Å². The number of aromatic amines is 1. The predicted octanol–water partition coefficient (Wildman–Crippen LogP) is 2.99. The average Bonchev–Trinajstić information content (AvgIpc) is 2.92. The van der Waals surface area contributed by atoms with Crippen LogP contribution < -0.4 is 11.1 Å². The van der Waals surface area contributed by atoms with Gasteiger partial charge in [-0.2, -0.15) is 0 Å². The Morgan fingerprint density at radius 1 is 1.19 bits per heavy atom. The smallest absolute Gasteiger partial charge is 0.267 e. The minimum Gasteiger partial charge on any atom is -0.397 e. The van der Waals surface area contributed by atoms with Gasteiger partial charge in [-0.05, 0) is 30.2 Å². The summed E-state index contributed by atoms with van der Waals surface area (Å²) < 4.78 is 0. The average molecular weight is 279 g/mol. The van der Waals surface area contributed by atoms with Crippen molar-refractivity contribution in [2.24, 2.45) is 0 Å². The first kappa shape index (κ1) is 13.2. The highest BCUT2D eigenvalue weighted by molar-refractivity contribution is 6.00. The minimum absolute atomic E-state index is 0.131. The lowest BCUT2D eigenvalue weighted by Crippen LogP contribution is -2.23. The van der Waals surface area contributed by atoms with E-state index in [1.165, 1.54) is 5.56 Å². The lowest BCUT2D eigenvalue weighted by molar-refractivity contribution is 0.0946. The number of nitrogen functional groups attached to an aromatic ring is 1. The lowest BCUT2D eigenvalue weighted by Gasteiger charge is -2.06. The zero-order chi connectivity index (χ0) is 14.8. The number of aryl methyl sites for hydroxylation is 1. The molecule has 4 N–H and O–H groups in total. The van der Waals surface area contributed by atoms with Gasteiger partial charge in [-0.1, -0.05) is 36.4 Å². The molecule has 0 aliphatic heterocycles. The molecule has 0 fully saturated rings. The monoisotopic (exact) mass is 279 g/mol. The van der Waals surface area contributed by atoms with E-state index in [2.05, 4.69) is 10.3 Å². The van der Waals surface area contributed by atoms with Gasteiger partial charge in [-0.3, -0.25) is 4.79 Å². The number of nitrogens with one attached hydrogen (secondary N) is 2. The zero-order valence-corrected chi connectivity index (χ0v) is 11.8. The molecule has 0 unspecified atom stereocenters. The van der Waals surface area contributed by atoms with Crippen LogP contribution in [0.3, 0.4) is 0 Å². The molecule has 2 aromatic carbocycles. The number of nitrogens with two attached hydrogens (primary N) is 1. The molecule has 1 aromatic heterocycles. The molecule has 1 amide bonds. The van der Waals surface area contributed by atoms with E-state index in [4.69, 9.17) is 5.73 Å². The first-order valence-corrected chi connectivity index (χ1v) is 6.85. The fourth-order valence-corrected chi connectivity index (χ4v) is 2.38. The molecule has 0 bridgehead atoms. The molecule has 21 heavy (non-hydrogen) atoms. The number of para-hydroxylation sites is 1. The number of carbonyl (C=O) groups is 1. The van der Waals surface area contributed by atoms with Crippen LogP contribution >= 0.6 is 0 Å². The Morgan fingerprint density at radius 2 is 2.00 bits per heavy atom. The molecule has 0 aliphatic rings. The van der Waals surface area contributed by atoms with Crippen LogP contribution in [-0.2, 0) is 6.54 Å². The van der Waals surface area contributed by atoms with E-state index in [0.29, 0.717) is 17.9 Å². The summed E-state index contributed by atoms with van der Waals surface area (Å²) in [6.45, 7) is 2.54. The number of H-pyrrole nitrogens is 1. The topological polar surface area (TPSA) is 70.9 Å². The molecule has 106 valence electrons. The Bertz CT molecular complexity index is 805. The molecule has 0 atom stereocenters. The molecule has 0 spiro atoms. The number of carbonyl (C=O) groups excluding carboxylic acids is 1. The molecule has 0 saturated carbocycles. The van der Waals surface area contributed by atoms with Gasteiger partial charge in [0.15, 0.2) is 0 Å². The Balaban J connectivity index is 1.78. The highest BCUT2D eigenvalue weighted by Crippen LogP contribution is 2.21. The van der Waals surface area contributed by atoms with Crippen molar-refractivity contribution in [3.8, 4) is 0 Å². The minimum atomic E-state index is -0.131. The Kier molecular flexibility index (Phi) is 3.36. The SMILES string of the molecule is Cc1ccccc1CNC(=O)c1cc2cccc(N)c2[nH]1. The largest absolute Gasteiger partial charge is 0.397 e. The van der Waals surface area contributed by atoms with Gasteiger partial charge >= 0.3 is 0 Å². The number of benzene rings is 2. The van der Waals surface area contributed by atoms with Gasteiger partial charge in [0, 0.05) is 11.9 Å². The molecule has 3 rings (SSSR count). The number of aromatic nitrogens is 1. The number of hydrogen-bond acceptors (Lipinski definition) is 2. The number of rotatable bonds is 3. The summed E-state index contributed by atoms with van der Waals surface area (Å²) in [5.74, 6) is -0.131. The van der Waals surface area contributed by atoms with Crippen LogP contribution in [0.25, 0.3) is 10.9 Å². The summed E-state index contributed by atoms with van der Waals surface area (Å²) >= 11 is 0. The van der Waals surface area contributed by atoms with Crippen LogP contribution in [0.2, 0.25) is 0 Å². The van der Waals surface area contributed by atoms with Crippen molar-refractivity contribution >= 4 is 22.5 Å². The third kappa shape index (κ3) is 2.60. The third-order valence-corrected chi connectivity index (χ3v) is 3.63. The van der Waals surface area contributed by atoms with E-state index >= 15 is 0 Å². The number of anilines is 1. The highest BCUT2D eigenvalue weighted by atomic mass is 16.1. The predicted molar refractivity (Wildman–Crippen MR) is 85.1 cm³/mol. The van der Waals surface area contributed by atoms with Crippen LogP contribution in [0.15, 0.2) is 48.5 Å². The molecular formula is C17H17N3O. The number of fused-ring (bicyclic) bond motifs is 1. The summed E-state index contributed by atoms with van der Waals surface area (Å²) in [4.78, 5) is 15.3. The standard InChI is InChI=1S/C17H17N3O/c1-11-5-2-3-6-13(11)10-19-17(21)15-9-12-7-4-8-14(18)16(12)20-15/h2-9,20H,10,18H2,1H3,(H,19,21). The summed E-state index contributed by atoms with van der Waals surface area (Å²) in [5.41, 5.74) is 10.1. The number of amides is 1. The Labute approximate surface area is 123 Å². The molecule has 4 heteroatoms. The second kappa shape index (κ2) is 5.32. The van der Waals surface area contributed by atoms with Crippen molar-refractivity contribution in [1.82, 2.24) is 10.3 Å². The second-order valence-electron chi connectivity index (χ2n) is 5.10. The van der Waals surface area contributed by atoms with E-state index in [9.17, 15) is 4.79 Å². The Morgan fingerprint density at radius 3 is 2.76 bits per heavy atom. The first-order valence-electron chi connectivity index (χ1n) is 6.85. The van der Waals surface area contributed by atoms with Crippen molar-refractivity contribution < 1.29 is 4.79 Å². The van der Waals surface area contributed by atoms with Crippen LogP contribution in [0, 0.1) is 6.92 Å². The van der Waals surface area contributed by atoms with E-state index in [1.807, 2.05) is 55.5 Å². The van der Waals surface area contributed by atoms with E-state index in [-0.39, 0.29) is 5.91 Å². The van der Waals surface area contributed by atoms with Crippen LogP contribution in [-0.4, -0.2) is 10.9 Å². The highest BCUT2D eigenvalue weighted by Gasteiger charge is 2.10. The third-order valence-electron chi connectivity index (χ3n) is 3.63. The summed E-state index contributed by atoms with van der Waals surface area (Å²) in [5, 5.41) is 3.87. The second-order valence-corrected chi connectivity index (χ2v) is 5.10. The van der Waals surface area contributed by atoms with E-state index < -0.39 is 0 Å². The van der Waals surface area contributed by atoms with E-state index in [0.717, 1.165) is 16.5 Å². The molecule has 0 radical (unpaired) electrons. The maximum absolute atomic E-state index is 12.2. The summed E-state index contributed by atoms with van der Waals surface area (Å²) in [6.07, 6.45) is 0. The van der Waals surface area contributed by atoms with Gasteiger partial charge in [0.25, 0.3) is 5.91 Å². The molecule has 1 heterocycles. The molecule has 0 aliphatic carbocycles.